The van der Waals surface area contributed by atoms with Crippen molar-refractivity contribution in [3.8, 4) is 0 Å². The second-order valence-corrected chi connectivity index (χ2v) is 5.45. The van der Waals surface area contributed by atoms with Gasteiger partial charge in [0.05, 0.1) is 0 Å². The van der Waals surface area contributed by atoms with Crippen molar-refractivity contribution in [1.82, 2.24) is 0 Å². The quantitative estimate of drug-likeness (QED) is 0.863. The molecular formula is C13H18BrN. The molecule has 1 aromatic rings. The molecule has 0 bridgehead atoms. The van der Waals surface area contributed by atoms with E-state index in [1.54, 1.807) is 0 Å². The summed E-state index contributed by atoms with van der Waals surface area (Å²) in [5.74, 6) is 0.684. The van der Waals surface area contributed by atoms with E-state index in [1.807, 2.05) is 0 Å². The number of halogens is 1. The number of benzene rings is 1. The van der Waals surface area contributed by atoms with Gasteiger partial charge < -0.3 is 5.73 Å². The number of aryl methyl sites for hydroxylation is 1. The minimum absolute atomic E-state index is 0.211. The highest BCUT2D eigenvalue weighted by molar-refractivity contribution is 9.10. The van der Waals surface area contributed by atoms with Crippen LogP contribution in [0.3, 0.4) is 0 Å². The Morgan fingerprint density at radius 3 is 2.60 bits per heavy atom. The Morgan fingerprint density at radius 1 is 1.33 bits per heavy atom. The highest BCUT2D eigenvalue weighted by Gasteiger charge is 2.24. The normalized spacial score (nSPS) is 19.4. The second kappa shape index (κ2) is 4.67. The van der Waals surface area contributed by atoms with Crippen molar-refractivity contribution < 1.29 is 0 Å². The molecule has 1 nitrogen and oxygen atoms in total. The summed E-state index contributed by atoms with van der Waals surface area (Å²) < 4.78 is 1.17. The van der Waals surface area contributed by atoms with E-state index in [4.69, 9.17) is 5.73 Å². The molecule has 1 aliphatic rings. The summed E-state index contributed by atoms with van der Waals surface area (Å²) >= 11 is 3.61. The van der Waals surface area contributed by atoms with Crippen molar-refractivity contribution in [3.05, 3.63) is 33.8 Å². The number of hydrogen-bond acceptors (Lipinski definition) is 1. The molecule has 0 aliphatic heterocycles. The van der Waals surface area contributed by atoms with Crippen molar-refractivity contribution in [1.29, 1.82) is 0 Å². The number of rotatable bonds is 2. The summed E-state index contributed by atoms with van der Waals surface area (Å²) in [6.45, 7) is 2.11. The third kappa shape index (κ3) is 2.43. The van der Waals surface area contributed by atoms with Crippen molar-refractivity contribution in [2.24, 2.45) is 11.7 Å². The molecule has 0 unspecified atom stereocenters. The van der Waals surface area contributed by atoms with Gasteiger partial charge in [-0.05, 0) is 42.9 Å². The number of nitrogens with two attached hydrogens (primary N) is 1. The third-order valence-corrected chi connectivity index (χ3v) is 4.11. The van der Waals surface area contributed by atoms with E-state index in [1.165, 1.54) is 41.3 Å². The van der Waals surface area contributed by atoms with Crippen LogP contribution in [0.2, 0.25) is 0 Å². The molecule has 2 rings (SSSR count). The molecule has 1 saturated carbocycles. The van der Waals surface area contributed by atoms with E-state index in [0.717, 1.165) is 0 Å². The van der Waals surface area contributed by atoms with Crippen LogP contribution in [-0.4, -0.2) is 0 Å². The summed E-state index contributed by atoms with van der Waals surface area (Å²) in [6, 6.07) is 6.68. The molecule has 15 heavy (non-hydrogen) atoms. The van der Waals surface area contributed by atoms with Crippen LogP contribution in [0.15, 0.2) is 22.7 Å². The first kappa shape index (κ1) is 11.2. The SMILES string of the molecule is Cc1ccc([C@@H](N)C2CCCC2)c(Br)c1. The summed E-state index contributed by atoms with van der Waals surface area (Å²) in [6.07, 6.45) is 5.28. The molecule has 2 heteroatoms. The minimum atomic E-state index is 0.211. The molecule has 0 spiro atoms. The summed E-state index contributed by atoms with van der Waals surface area (Å²) in [4.78, 5) is 0. The summed E-state index contributed by atoms with van der Waals surface area (Å²) in [5.41, 5.74) is 8.87. The predicted octanol–water partition coefficient (Wildman–Crippen LogP) is 3.95. The molecule has 0 aromatic heterocycles. The summed E-state index contributed by atoms with van der Waals surface area (Å²) in [7, 11) is 0. The van der Waals surface area contributed by atoms with Gasteiger partial charge in [-0.3, -0.25) is 0 Å². The largest absolute Gasteiger partial charge is 0.324 e. The van der Waals surface area contributed by atoms with Crippen molar-refractivity contribution >= 4 is 15.9 Å². The highest BCUT2D eigenvalue weighted by atomic mass is 79.9. The number of hydrogen-bond donors (Lipinski definition) is 1. The molecule has 1 fully saturated rings. The molecule has 82 valence electrons. The first-order valence-corrected chi connectivity index (χ1v) is 6.49. The minimum Gasteiger partial charge on any atom is -0.324 e. The zero-order chi connectivity index (χ0) is 10.8. The second-order valence-electron chi connectivity index (χ2n) is 4.60. The maximum atomic E-state index is 6.32. The van der Waals surface area contributed by atoms with Gasteiger partial charge in [-0.2, -0.15) is 0 Å². The first-order chi connectivity index (χ1) is 7.18. The molecule has 0 radical (unpaired) electrons. The Hall–Kier alpha value is -0.340. The van der Waals surface area contributed by atoms with Crippen molar-refractivity contribution in [2.75, 3.05) is 0 Å². The fourth-order valence-corrected chi connectivity index (χ4v) is 3.23. The Balaban J connectivity index is 2.20. The Kier molecular flexibility index (Phi) is 3.47. The lowest BCUT2D eigenvalue weighted by molar-refractivity contribution is 0.443. The molecular weight excluding hydrogens is 250 g/mol. The van der Waals surface area contributed by atoms with E-state index in [-0.39, 0.29) is 6.04 Å². The van der Waals surface area contributed by atoms with Gasteiger partial charge in [0.2, 0.25) is 0 Å². The Bertz CT molecular complexity index is 342. The lowest BCUT2D eigenvalue weighted by Crippen LogP contribution is -2.19. The average molecular weight is 268 g/mol. The third-order valence-electron chi connectivity index (χ3n) is 3.42. The zero-order valence-corrected chi connectivity index (χ0v) is 10.8. The highest BCUT2D eigenvalue weighted by Crippen LogP contribution is 2.36. The van der Waals surface area contributed by atoms with Crippen LogP contribution in [0.1, 0.15) is 42.9 Å². The van der Waals surface area contributed by atoms with E-state index >= 15 is 0 Å². The van der Waals surface area contributed by atoms with Crippen LogP contribution >= 0.6 is 15.9 Å². The van der Waals surface area contributed by atoms with Crippen LogP contribution in [0.5, 0.6) is 0 Å². The van der Waals surface area contributed by atoms with Crippen LogP contribution in [0.25, 0.3) is 0 Å². The maximum Gasteiger partial charge on any atom is 0.0334 e. The van der Waals surface area contributed by atoms with Crippen LogP contribution in [0, 0.1) is 12.8 Å². The van der Waals surface area contributed by atoms with Gasteiger partial charge >= 0.3 is 0 Å². The molecule has 1 aromatic carbocycles. The molecule has 1 atom stereocenters. The molecule has 1 aliphatic carbocycles. The van der Waals surface area contributed by atoms with Gasteiger partial charge in [0, 0.05) is 10.5 Å². The smallest absolute Gasteiger partial charge is 0.0334 e. The maximum absolute atomic E-state index is 6.32. The fraction of sp³-hybridized carbons (Fsp3) is 0.538. The monoisotopic (exact) mass is 267 g/mol. The first-order valence-electron chi connectivity index (χ1n) is 5.70. The van der Waals surface area contributed by atoms with Crippen LogP contribution in [-0.2, 0) is 0 Å². The van der Waals surface area contributed by atoms with Gasteiger partial charge in [0.25, 0.3) is 0 Å². The van der Waals surface area contributed by atoms with Gasteiger partial charge in [0.15, 0.2) is 0 Å². The predicted molar refractivity (Wildman–Crippen MR) is 67.8 cm³/mol. The van der Waals surface area contributed by atoms with Crippen LogP contribution < -0.4 is 5.73 Å². The topological polar surface area (TPSA) is 26.0 Å². The standard InChI is InChI=1S/C13H18BrN/c1-9-6-7-11(12(14)8-9)13(15)10-4-2-3-5-10/h6-8,10,13H,2-5,15H2,1H3/t13-/m0/s1. The average Bonchev–Trinajstić information content (AvgIpc) is 2.69. The van der Waals surface area contributed by atoms with Gasteiger partial charge in [-0.15, -0.1) is 0 Å². The Morgan fingerprint density at radius 2 is 2.00 bits per heavy atom. The van der Waals surface area contributed by atoms with E-state index in [2.05, 4.69) is 41.1 Å². The van der Waals surface area contributed by atoms with Gasteiger partial charge in [-0.25, -0.2) is 0 Å². The van der Waals surface area contributed by atoms with E-state index < -0.39 is 0 Å². The molecule has 2 N–H and O–H groups in total. The molecule has 0 saturated heterocycles. The zero-order valence-electron chi connectivity index (χ0n) is 9.17. The van der Waals surface area contributed by atoms with Crippen molar-refractivity contribution in [2.45, 2.75) is 38.6 Å². The van der Waals surface area contributed by atoms with Gasteiger partial charge in [-0.1, -0.05) is 40.9 Å². The Labute approximate surface area is 100 Å². The van der Waals surface area contributed by atoms with Gasteiger partial charge in [0.1, 0.15) is 0 Å². The molecule has 0 amide bonds. The molecule has 0 heterocycles. The van der Waals surface area contributed by atoms with E-state index in [9.17, 15) is 0 Å². The fourth-order valence-electron chi connectivity index (χ4n) is 2.47. The van der Waals surface area contributed by atoms with E-state index in [0.29, 0.717) is 5.92 Å². The lowest BCUT2D eigenvalue weighted by atomic mass is 9.92. The van der Waals surface area contributed by atoms with Crippen molar-refractivity contribution in [3.63, 3.8) is 0 Å². The van der Waals surface area contributed by atoms with Crippen LogP contribution in [0.4, 0.5) is 0 Å². The lowest BCUT2D eigenvalue weighted by Gasteiger charge is -2.20. The summed E-state index contributed by atoms with van der Waals surface area (Å²) in [5, 5.41) is 0.